The van der Waals surface area contributed by atoms with Crippen LogP contribution in [-0.4, -0.2) is 43.9 Å². The second-order valence-electron chi connectivity index (χ2n) is 6.92. The van der Waals surface area contributed by atoms with Gasteiger partial charge in [-0.2, -0.15) is 13.2 Å². The number of hydrogen-bond donors (Lipinski definition) is 3. The van der Waals surface area contributed by atoms with E-state index >= 15 is 0 Å². The van der Waals surface area contributed by atoms with Gasteiger partial charge in [0.15, 0.2) is 5.96 Å². The minimum absolute atomic E-state index is 0. The van der Waals surface area contributed by atoms with Crippen LogP contribution < -0.4 is 16.0 Å². The van der Waals surface area contributed by atoms with Crippen molar-refractivity contribution in [2.24, 2.45) is 10.9 Å². The number of rotatable bonds is 4. The average molecular weight is 450 g/mol. The number of nitrogens with one attached hydrogen (secondary N) is 3. The molecule has 0 radical (unpaired) electrons. The molecule has 8 heteroatoms. The first-order chi connectivity index (χ1) is 10.1. The molecule has 0 spiro atoms. The summed E-state index contributed by atoms with van der Waals surface area (Å²) in [6, 6.07) is -0.165. The highest BCUT2D eigenvalue weighted by Crippen LogP contribution is 2.37. The maximum Gasteiger partial charge on any atom is 0.391 e. The van der Waals surface area contributed by atoms with E-state index < -0.39 is 12.1 Å². The van der Waals surface area contributed by atoms with Crippen molar-refractivity contribution in [2.45, 2.75) is 64.2 Å². The smallest absolute Gasteiger partial charge is 0.355 e. The lowest BCUT2D eigenvalue weighted by molar-refractivity contribution is -0.183. The topological polar surface area (TPSA) is 48.5 Å². The summed E-state index contributed by atoms with van der Waals surface area (Å²) in [6.45, 7) is 7.69. The minimum Gasteiger partial charge on any atom is -0.355 e. The Morgan fingerprint density at radius 1 is 1.13 bits per heavy atom. The van der Waals surface area contributed by atoms with Gasteiger partial charge >= 0.3 is 6.18 Å². The predicted molar refractivity (Wildman–Crippen MR) is 99.5 cm³/mol. The maximum atomic E-state index is 12.8. The van der Waals surface area contributed by atoms with E-state index in [4.69, 9.17) is 0 Å². The third kappa shape index (κ3) is 9.59. The molecule has 0 heterocycles. The summed E-state index contributed by atoms with van der Waals surface area (Å²) in [5.74, 6) is -0.622. The molecule has 0 aromatic carbocycles. The number of hydrogen-bond acceptors (Lipinski definition) is 2. The Labute approximate surface area is 154 Å². The zero-order valence-corrected chi connectivity index (χ0v) is 16.7. The first-order valence-corrected chi connectivity index (χ1v) is 7.91. The van der Waals surface area contributed by atoms with Crippen molar-refractivity contribution in [1.82, 2.24) is 16.0 Å². The molecule has 1 fully saturated rings. The SMILES string of the molecule is CN=C(NCCNC(C)(C)C)NC1CCCC(C(F)(F)F)C1.I. The zero-order valence-electron chi connectivity index (χ0n) is 14.4. The van der Waals surface area contributed by atoms with Gasteiger partial charge in [0, 0.05) is 31.7 Å². The molecule has 23 heavy (non-hydrogen) atoms. The van der Waals surface area contributed by atoms with Crippen LogP contribution in [0, 0.1) is 5.92 Å². The lowest BCUT2D eigenvalue weighted by Crippen LogP contribution is -2.49. The van der Waals surface area contributed by atoms with Gasteiger partial charge in [-0.15, -0.1) is 24.0 Å². The Bertz CT molecular complexity index is 367. The highest BCUT2D eigenvalue weighted by Gasteiger charge is 2.42. The van der Waals surface area contributed by atoms with Crippen molar-refractivity contribution < 1.29 is 13.2 Å². The van der Waals surface area contributed by atoms with Crippen molar-refractivity contribution >= 4 is 29.9 Å². The molecule has 0 bridgehead atoms. The van der Waals surface area contributed by atoms with Gasteiger partial charge in [0.05, 0.1) is 5.92 Å². The monoisotopic (exact) mass is 450 g/mol. The molecule has 0 aromatic heterocycles. The van der Waals surface area contributed by atoms with Gasteiger partial charge in [-0.25, -0.2) is 0 Å². The highest BCUT2D eigenvalue weighted by molar-refractivity contribution is 14.0. The fraction of sp³-hybridized carbons (Fsp3) is 0.933. The standard InChI is InChI=1S/C15H29F3N4.HI/c1-14(2,3)21-9-8-20-13(19-4)22-12-7-5-6-11(10-12)15(16,17)18;/h11-12,21H,5-10H2,1-4H3,(H2,19,20,22);1H. The molecule has 2 unspecified atom stereocenters. The Morgan fingerprint density at radius 3 is 2.30 bits per heavy atom. The molecule has 0 aromatic rings. The molecule has 1 aliphatic rings. The van der Waals surface area contributed by atoms with E-state index in [1.54, 1.807) is 7.05 Å². The summed E-state index contributed by atoms with van der Waals surface area (Å²) in [6.07, 6.45) is -2.36. The van der Waals surface area contributed by atoms with E-state index in [9.17, 15) is 13.2 Å². The van der Waals surface area contributed by atoms with Gasteiger partial charge in [-0.3, -0.25) is 4.99 Å². The summed E-state index contributed by atoms with van der Waals surface area (Å²) in [5, 5.41) is 9.59. The van der Waals surface area contributed by atoms with Crippen LogP contribution in [0.5, 0.6) is 0 Å². The van der Waals surface area contributed by atoms with E-state index in [0.29, 0.717) is 18.9 Å². The number of nitrogens with zero attached hydrogens (tertiary/aromatic N) is 1. The number of alkyl halides is 3. The lowest BCUT2D eigenvalue weighted by Gasteiger charge is -2.32. The maximum absolute atomic E-state index is 12.8. The van der Waals surface area contributed by atoms with Crippen molar-refractivity contribution in [3.8, 4) is 0 Å². The Kier molecular flexibility index (Phi) is 9.80. The second-order valence-corrected chi connectivity index (χ2v) is 6.92. The zero-order chi connectivity index (χ0) is 16.8. The van der Waals surface area contributed by atoms with E-state index in [1.807, 2.05) is 0 Å². The molecule has 1 saturated carbocycles. The summed E-state index contributed by atoms with van der Waals surface area (Å²) < 4.78 is 38.4. The van der Waals surface area contributed by atoms with E-state index in [-0.39, 0.29) is 48.4 Å². The largest absolute Gasteiger partial charge is 0.391 e. The second kappa shape index (κ2) is 9.90. The Balaban J connectivity index is 0.00000484. The third-order valence-electron chi connectivity index (χ3n) is 3.77. The first-order valence-electron chi connectivity index (χ1n) is 7.91. The van der Waals surface area contributed by atoms with E-state index in [1.165, 1.54) is 0 Å². The van der Waals surface area contributed by atoms with Crippen LogP contribution >= 0.6 is 24.0 Å². The lowest BCUT2D eigenvalue weighted by atomic mass is 9.85. The van der Waals surface area contributed by atoms with Crippen LogP contribution in [0.1, 0.15) is 46.5 Å². The summed E-state index contributed by atoms with van der Waals surface area (Å²) in [4.78, 5) is 4.09. The molecular formula is C15H30F3IN4. The fourth-order valence-electron chi connectivity index (χ4n) is 2.62. The number of guanidine groups is 1. The third-order valence-corrected chi connectivity index (χ3v) is 3.77. The molecule has 4 nitrogen and oxygen atoms in total. The quantitative estimate of drug-likeness (QED) is 0.267. The van der Waals surface area contributed by atoms with Gasteiger partial charge in [-0.1, -0.05) is 6.42 Å². The molecule has 138 valence electrons. The van der Waals surface area contributed by atoms with Crippen LogP contribution in [0.4, 0.5) is 13.2 Å². The average Bonchev–Trinajstić information content (AvgIpc) is 2.40. The highest BCUT2D eigenvalue weighted by atomic mass is 127. The van der Waals surface area contributed by atoms with Crippen LogP contribution in [0.2, 0.25) is 0 Å². The Morgan fingerprint density at radius 2 is 1.78 bits per heavy atom. The molecule has 1 rings (SSSR count). The summed E-state index contributed by atoms with van der Waals surface area (Å²) in [7, 11) is 1.64. The predicted octanol–water partition coefficient (Wildman–Crippen LogP) is 3.28. The van der Waals surface area contributed by atoms with Crippen LogP contribution in [0.3, 0.4) is 0 Å². The van der Waals surface area contributed by atoms with Crippen LogP contribution in [0.15, 0.2) is 4.99 Å². The molecule has 0 aliphatic heterocycles. The van der Waals surface area contributed by atoms with E-state index in [2.05, 4.69) is 41.7 Å². The molecule has 3 N–H and O–H groups in total. The Hall–Kier alpha value is -0.250. The van der Waals surface area contributed by atoms with Crippen molar-refractivity contribution in [2.75, 3.05) is 20.1 Å². The van der Waals surface area contributed by atoms with Crippen molar-refractivity contribution in [3.05, 3.63) is 0 Å². The van der Waals surface area contributed by atoms with Crippen LogP contribution in [0.25, 0.3) is 0 Å². The number of halogens is 4. The molecule has 2 atom stereocenters. The minimum atomic E-state index is -4.09. The van der Waals surface area contributed by atoms with Gasteiger partial charge in [0.25, 0.3) is 0 Å². The first kappa shape index (κ1) is 22.8. The van der Waals surface area contributed by atoms with Gasteiger partial charge < -0.3 is 16.0 Å². The van der Waals surface area contributed by atoms with E-state index in [0.717, 1.165) is 13.0 Å². The van der Waals surface area contributed by atoms with Crippen molar-refractivity contribution in [3.63, 3.8) is 0 Å². The molecule has 1 aliphatic carbocycles. The summed E-state index contributed by atoms with van der Waals surface area (Å²) in [5.41, 5.74) is 0.0436. The molecule has 0 amide bonds. The number of aliphatic imine (C=N–C) groups is 1. The van der Waals surface area contributed by atoms with Gasteiger partial charge in [0.2, 0.25) is 0 Å². The van der Waals surface area contributed by atoms with Gasteiger partial charge in [-0.05, 0) is 40.0 Å². The molecular weight excluding hydrogens is 420 g/mol. The fourth-order valence-corrected chi connectivity index (χ4v) is 2.62. The normalized spacial score (nSPS) is 23.2. The van der Waals surface area contributed by atoms with Gasteiger partial charge in [0.1, 0.15) is 0 Å². The molecule has 0 saturated heterocycles. The van der Waals surface area contributed by atoms with Crippen molar-refractivity contribution in [1.29, 1.82) is 0 Å². The van der Waals surface area contributed by atoms with Crippen LogP contribution in [-0.2, 0) is 0 Å². The summed E-state index contributed by atoms with van der Waals surface area (Å²) >= 11 is 0.